The highest BCUT2D eigenvalue weighted by atomic mass is 35.5. The molecule has 0 radical (unpaired) electrons. The number of halogens is 1. The average Bonchev–Trinajstić information content (AvgIpc) is 2.43. The largest absolute Gasteiger partial charge is 0.506 e. The van der Waals surface area contributed by atoms with Crippen molar-refractivity contribution in [2.24, 2.45) is 0 Å². The standard InChI is InChI=1S/C16H14ClNO/c17-16-13(19)8-10-5-6-18-12-7-9-3-1-2-4-11(9)15(16)14(10)12/h1-4,8,12,18-19H,5-7H2/t12-/m1/s1. The quantitative estimate of drug-likeness (QED) is 0.769. The average molecular weight is 272 g/mol. The van der Waals surface area contributed by atoms with Crippen LogP contribution in [0.25, 0.3) is 11.1 Å². The Morgan fingerprint density at radius 1 is 1.21 bits per heavy atom. The Labute approximate surface area is 117 Å². The SMILES string of the molecule is Oc1cc2c3c(c1Cl)-c1ccccc1C[C@H]3NCC2. The Morgan fingerprint density at radius 3 is 2.95 bits per heavy atom. The maximum absolute atomic E-state index is 10.1. The van der Waals surface area contributed by atoms with Crippen LogP contribution in [0.3, 0.4) is 0 Å². The van der Waals surface area contributed by atoms with Crippen LogP contribution in [-0.2, 0) is 12.8 Å². The Hall–Kier alpha value is -1.51. The van der Waals surface area contributed by atoms with Gasteiger partial charge in [0.25, 0.3) is 0 Å². The molecule has 0 fully saturated rings. The van der Waals surface area contributed by atoms with Gasteiger partial charge in [-0.05, 0) is 47.7 Å². The van der Waals surface area contributed by atoms with Crippen LogP contribution >= 0.6 is 11.6 Å². The van der Waals surface area contributed by atoms with E-state index in [1.165, 1.54) is 22.3 Å². The number of aromatic hydroxyl groups is 1. The molecule has 4 rings (SSSR count). The van der Waals surface area contributed by atoms with Crippen molar-refractivity contribution in [3.8, 4) is 16.9 Å². The second-order valence-electron chi connectivity index (χ2n) is 5.28. The van der Waals surface area contributed by atoms with Gasteiger partial charge in [-0.1, -0.05) is 35.9 Å². The molecule has 0 unspecified atom stereocenters. The van der Waals surface area contributed by atoms with Crippen molar-refractivity contribution >= 4 is 11.6 Å². The highest BCUT2D eigenvalue weighted by molar-refractivity contribution is 6.35. The molecule has 96 valence electrons. The topological polar surface area (TPSA) is 32.3 Å². The zero-order valence-electron chi connectivity index (χ0n) is 10.4. The predicted octanol–water partition coefficient (Wildman–Crippen LogP) is 3.46. The minimum absolute atomic E-state index is 0.202. The summed E-state index contributed by atoms with van der Waals surface area (Å²) in [5.41, 5.74) is 6.01. The Balaban J connectivity index is 2.11. The van der Waals surface area contributed by atoms with Gasteiger partial charge in [-0.2, -0.15) is 0 Å². The maximum atomic E-state index is 10.1. The maximum Gasteiger partial charge on any atom is 0.135 e. The first-order chi connectivity index (χ1) is 9.25. The molecule has 1 aliphatic heterocycles. The molecule has 0 spiro atoms. The molecule has 2 aromatic rings. The molecule has 1 heterocycles. The van der Waals surface area contributed by atoms with Gasteiger partial charge in [0.2, 0.25) is 0 Å². The van der Waals surface area contributed by atoms with E-state index in [1.54, 1.807) is 0 Å². The summed E-state index contributed by atoms with van der Waals surface area (Å²) in [6.45, 7) is 0.959. The van der Waals surface area contributed by atoms with Gasteiger partial charge in [-0.3, -0.25) is 0 Å². The number of phenols is 1. The lowest BCUT2D eigenvalue weighted by molar-refractivity contribution is 0.466. The van der Waals surface area contributed by atoms with E-state index < -0.39 is 0 Å². The van der Waals surface area contributed by atoms with E-state index in [0.717, 1.165) is 24.9 Å². The summed E-state index contributed by atoms with van der Waals surface area (Å²) in [5, 5.41) is 14.1. The third-order valence-corrected chi connectivity index (χ3v) is 4.60. The normalized spacial score (nSPS) is 19.7. The Kier molecular flexibility index (Phi) is 2.38. The summed E-state index contributed by atoms with van der Waals surface area (Å²) in [7, 11) is 0. The van der Waals surface area contributed by atoms with Crippen LogP contribution < -0.4 is 5.32 Å². The van der Waals surface area contributed by atoms with Crippen molar-refractivity contribution in [2.45, 2.75) is 18.9 Å². The zero-order chi connectivity index (χ0) is 13.0. The van der Waals surface area contributed by atoms with E-state index in [2.05, 4.69) is 23.5 Å². The molecule has 0 aromatic heterocycles. The van der Waals surface area contributed by atoms with Crippen LogP contribution in [0, 0.1) is 0 Å². The van der Waals surface area contributed by atoms with Gasteiger partial charge in [0, 0.05) is 11.6 Å². The molecule has 2 aromatic carbocycles. The van der Waals surface area contributed by atoms with E-state index >= 15 is 0 Å². The molecular weight excluding hydrogens is 258 g/mol. The van der Waals surface area contributed by atoms with Gasteiger partial charge in [-0.25, -0.2) is 0 Å². The lowest BCUT2D eigenvalue weighted by Gasteiger charge is -2.35. The second kappa shape index (κ2) is 3.99. The molecule has 0 saturated heterocycles. The first-order valence-corrected chi connectivity index (χ1v) is 6.99. The van der Waals surface area contributed by atoms with E-state index in [9.17, 15) is 5.11 Å². The molecule has 1 atom stereocenters. The minimum Gasteiger partial charge on any atom is -0.506 e. The lowest BCUT2D eigenvalue weighted by Crippen LogP contribution is -2.33. The smallest absolute Gasteiger partial charge is 0.135 e. The molecule has 0 saturated carbocycles. The molecule has 19 heavy (non-hydrogen) atoms. The Bertz CT molecular complexity index is 681. The number of hydrogen-bond donors (Lipinski definition) is 2. The fourth-order valence-corrected chi connectivity index (χ4v) is 3.66. The van der Waals surface area contributed by atoms with Crippen LogP contribution in [0.15, 0.2) is 30.3 Å². The highest BCUT2D eigenvalue weighted by Crippen LogP contribution is 2.48. The minimum atomic E-state index is 0.202. The molecule has 1 aliphatic carbocycles. The molecule has 0 bridgehead atoms. The first-order valence-electron chi connectivity index (χ1n) is 6.61. The van der Waals surface area contributed by atoms with E-state index in [-0.39, 0.29) is 5.75 Å². The summed E-state index contributed by atoms with van der Waals surface area (Å²) >= 11 is 6.38. The predicted molar refractivity (Wildman–Crippen MR) is 76.7 cm³/mol. The van der Waals surface area contributed by atoms with E-state index in [1.807, 2.05) is 12.1 Å². The van der Waals surface area contributed by atoms with Crippen molar-refractivity contribution in [3.63, 3.8) is 0 Å². The molecule has 2 nitrogen and oxygen atoms in total. The van der Waals surface area contributed by atoms with Gasteiger partial charge in [0.15, 0.2) is 0 Å². The van der Waals surface area contributed by atoms with Crippen molar-refractivity contribution in [2.75, 3.05) is 6.54 Å². The number of hydrogen-bond acceptors (Lipinski definition) is 2. The van der Waals surface area contributed by atoms with Gasteiger partial charge < -0.3 is 10.4 Å². The van der Waals surface area contributed by atoms with Crippen molar-refractivity contribution in [1.82, 2.24) is 5.32 Å². The number of nitrogens with one attached hydrogen (secondary N) is 1. The fraction of sp³-hybridized carbons (Fsp3) is 0.250. The summed E-state index contributed by atoms with van der Waals surface area (Å²) in [4.78, 5) is 0. The molecule has 2 aliphatic rings. The van der Waals surface area contributed by atoms with E-state index in [4.69, 9.17) is 11.6 Å². The van der Waals surface area contributed by atoms with Gasteiger partial charge in [0.05, 0.1) is 5.02 Å². The summed E-state index contributed by atoms with van der Waals surface area (Å²) in [6.07, 6.45) is 1.95. The van der Waals surface area contributed by atoms with Gasteiger partial charge in [0.1, 0.15) is 5.75 Å². The van der Waals surface area contributed by atoms with Crippen LogP contribution in [0.4, 0.5) is 0 Å². The highest BCUT2D eigenvalue weighted by Gasteiger charge is 2.31. The van der Waals surface area contributed by atoms with Gasteiger partial charge >= 0.3 is 0 Å². The van der Waals surface area contributed by atoms with Crippen LogP contribution in [0.2, 0.25) is 5.02 Å². The first kappa shape index (κ1) is 11.3. The molecule has 3 heteroatoms. The zero-order valence-corrected chi connectivity index (χ0v) is 11.2. The summed E-state index contributed by atoms with van der Waals surface area (Å²) in [6, 6.07) is 10.5. The van der Waals surface area contributed by atoms with E-state index in [0.29, 0.717) is 11.1 Å². The number of rotatable bonds is 0. The summed E-state index contributed by atoms with van der Waals surface area (Å²) < 4.78 is 0. The van der Waals surface area contributed by atoms with Crippen molar-refractivity contribution < 1.29 is 5.11 Å². The van der Waals surface area contributed by atoms with Crippen LogP contribution in [0.1, 0.15) is 22.7 Å². The number of phenolic OH excluding ortho intramolecular Hbond substituents is 1. The molecular formula is C16H14ClNO. The molecule has 2 N–H and O–H groups in total. The van der Waals surface area contributed by atoms with Crippen LogP contribution in [-0.4, -0.2) is 11.7 Å². The third kappa shape index (κ3) is 1.54. The van der Waals surface area contributed by atoms with Gasteiger partial charge in [-0.15, -0.1) is 0 Å². The summed E-state index contributed by atoms with van der Waals surface area (Å²) in [5.74, 6) is 0.202. The third-order valence-electron chi connectivity index (χ3n) is 4.21. The molecule has 0 amide bonds. The monoisotopic (exact) mass is 271 g/mol. The van der Waals surface area contributed by atoms with Crippen LogP contribution in [0.5, 0.6) is 5.75 Å². The second-order valence-corrected chi connectivity index (χ2v) is 5.65. The fourth-order valence-electron chi connectivity index (χ4n) is 3.40. The lowest BCUT2D eigenvalue weighted by atomic mass is 9.78. The number of benzene rings is 2. The van der Waals surface area contributed by atoms with Crippen molar-refractivity contribution in [3.05, 3.63) is 52.0 Å². The Morgan fingerprint density at radius 2 is 2.05 bits per heavy atom. The number of fused-ring (bicyclic) bond motifs is 2. The van der Waals surface area contributed by atoms with Crippen molar-refractivity contribution in [1.29, 1.82) is 0 Å².